The van der Waals surface area contributed by atoms with Gasteiger partial charge in [0.2, 0.25) is 5.95 Å². The van der Waals surface area contributed by atoms with Gasteiger partial charge in [-0.1, -0.05) is 11.6 Å². The van der Waals surface area contributed by atoms with Crippen molar-refractivity contribution in [2.45, 2.75) is 37.9 Å². The molecular weight excluding hydrogens is 505 g/mol. The van der Waals surface area contributed by atoms with Gasteiger partial charge < -0.3 is 16.4 Å². The maximum absolute atomic E-state index is 14.0. The zero-order valence-electron chi connectivity index (χ0n) is 18.4. The van der Waals surface area contributed by atoms with Crippen LogP contribution in [-0.4, -0.2) is 62.3 Å². The summed E-state index contributed by atoms with van der Waals surface area (Å²) in [7, 11) is 0. The highest BCUT2D eigenvalue weighted by Crippen LogP contribution is 2.39. The zero-order valence-corrected chi connectivity index (χ0v) is 19.9. The molecule has 5 N–H and O–H groups in total. The van der Waals surface area contributed by atoms with Crippen LogP contribution in [0.3, 0.4) is 0 Å². The van der Waals surface area contributed by atoms with E-state index in [4.69, 9.17) is 23.1 Å². The third kappa shape index (κ3) is 3.96. The molecule has 0 spiro atoms. The number of amides is 1. The fourth-order valence-corrected chi connectivity index (χ4v) is 5.56. The molecule has 35 heavy (non-hydrogen) atoms. The van der Waals surface area contributed by atoms with Gasteiger partial charge in [-0.15, -0.1) is 11.3 Å². The number of anilines is 1. The number of rotatable bonds is 5. The summed E-state index contributed by atoms with van der Waals surface area (Å²) in [6.07, 6.45) is -5.67. The molecule has 1 atom stereocenters. The van der Waals surface area contributed by atoms with Gasteiger partial charge in [-0.2, -0.15) is 10.1 Å². The van der Waals surface area contributed by atoms with E-state index in [1.165, 1.54) is 11.3 Å². The molecule has 1 aliphatic heterocycles. The molecule has 1 aromatic carbocycles. The smallest absolute Gasteiger partial charge is 0.271 e. The Morgan fingerprint density at radius 3 is 2.60 bits per heavy atom. The average Bonchev–Trinajstić information content (AvgIpc) is 3.42. The van der Waals surface area contributed by atoms with Crippen molar-refractivity contribution < 1.29 is 18.0 Å². The number of H-pyrrole nitrogens is 1. The van der Waals surface area contributed by atoms with E-state index in [2.05, 4.69) is 25.1 Å². The first-order valence-corrected chi connectivity index (χ1v) is 11.9. The number of aromatic nitrogens is 5. The van der Waals surface area contributed by atoms with E-state index in [1.807, 2.05) is 13.0 Å². The average molecular weight is 525 g/mol. The maximum Gasteiger partial charge on any atom is 0.271 e. The Hall–Kier alpha value is -3.03. The number of primary amides is 1. The van der Waals surface area contributed by atoms with Crippen LogP contribution in [0.5, 0.6) is 0 Å². The molecule has 0 saturated carbocycles. The van der Waals surface area contributed by atoms with Crippen LogP contribution in [-0.2, 0) is 0 Å². The molecule has 0 bridgehead atoms. The Kier molecular flexibility index (Phi) is 5.80. The van der Waals surface area contributed by atoms with E-state index in [9.17, 15) is 18.0 Å². The quantitative estimate of drug-likeness (QED) is 0.362. The molecule has 14 heteroatoms. The summed E-state index contributed by atoms with van der Waals surface area (Å²) in [5.74, 6) is -0.672. The summed E-state index contributed by atoms with van der Waals surface area (Å²) in [5, 5.41) is 8.71. The van der Waals surface area contributed by atoms with Crippen LogP contribution >= 0.6 is 22.9 Å². The summed E-state index contributed by atoms with van der Waals surface area (Å²) in [4.78, 5) is 27.3. The first-order chi connectivity index (χ1) is 16.6. The van der Waals surface area contributed by atoms with Crippen LogP contribution in [0.1, 0.15) is 28.3 Å². The Morgan fingerprint density at radius 2 is 1.94 bits per heavy atom. The van der Waals surface area contributed by atoms with Crippen LogP contribution in [0, 0.1) is 6.92 Å². The summed E-state index contributed by atoms with van der Waals surface area (Å²) in [6, 6.07) is 3.56. The number of piperidine rings is 1. The lowest BCUT2D eigenvalue weighted by Gasteiger charge is -2.40. The van der Waals surface area contributed by atoms with E-state index in [-0.39, 0.29) is 43.2 Å². The van der Waals surface area contributed by atoms with Gasteiger partial charge in [0, 0.05) is 18.7 Å². The Balaban J connectivity index is 1.54. The number of carbonyl (C=O) groups is 1. The number of alkyl halides is 3. The van der Waals surface area contributed by atoms with Crippen molar-refractivity contribution in [3.05, 3.63) is 27.9 Å². The van der Waals surface area contributed by atoms with Gasteiger partial charge in [-0.25, -0.2) is 23.1 Å². The fourth-order valence-electron chi connectivity index (χ4n) is 4.34. The second kappa shape index (κ2) is 8.57. The van der Waals surface area contributed by atoms with Crippen LogP contribution in [0.2, 0.25) is 5.02 Å². The first-order valence-electron chi connectivity index (χ1n) is 10.7. The predicted octanol–water partition coefficient (Wildman–Crippen LogP) is 3.59. The standard InChI is InChI=1S/C21H20ClF3N8OS/c1-8-28-10-3-2-9(12(22)15(10)35-8)13-11-14(18(26)34)29-20(30-19(11)32-31-13)33-6-4-21(27,5-7-33)16(23)17(24)25/h2-3,16-17H,4-7,27H2,1H3,(H2,26,34)(H,29,30,31,32). The number of benzene rings is 1. The van der Waals surface area contributed by atoms with Gasteiger partial charge in [0.15, 0.2) is 11.8 Å². The van der Waals surface area contributed by atoms with Crippen molar-refractivity contribution in [1.29, 1.82) is 0 Å². The number of hydrogen-bond acceptors (Lipinski definition) is 8. The monoisotopic (exact) mass is 524 g/mol. The minimum absolute atomic E-state index is 0.0378. The van der Waals surface area contributed by atoms with Gasteiger partial charge in [0.1, 0.15) is 11.4 Å². The molecule has 4 aromatic rings. The molecule has 1 amide bonds. The normalized spacial score (nSPS) is 16.9. The van der Waals surface area contributed by atoms with Crippen LogP contribution < -0.4 is 16.4 Å². The highest BCUT2D eigenvalue weighted by atomic mass is 35.5. The lowest BCUT2D eigenvalue weighted by Crippen LogP contribution is -2.58. The van der Waals surface area contributed by atoms with Crippen LogP contribution in [0.15, 0.2) is 12.1 Å². The fraction of sp³-hybridized carbons (Fsp3) is 0.381. The van der Waals surface area contributed by atoms with Gasteiger partial charge in [-0.3, -0.25) is 9.89 Å². The van der Waals surface area contributed by atoms with E-state index in [1.54, 1.807) is 11.0 Å². The van der Waals surface area contributed by atoms with Gasteiger partial charge in [-0.05, 0) is 31.9 Å². The maximum atomic E-state index is 14.0. The second-order valence-corrected chi connectivity index (χ2v) is 10.1. The number of carbonyl (C=O) groups excluding carboxylic acids is 1. The molecule has 0 aliphatic carbocycles. The van der Waals surface area contributed by atoms with Gasteiger partial charge in [0.05, 0.1) is 31.2 Å². The molecular formula is C21H20ClF3N8OS. The molecule has 0 radical (unpaired) electrons. The predicted molar refractivity (Wildman–Crippen MR) is 128 cm³/mol. The number of thiazole rings is 1. The molecule has 4 heterocycles. The van der Waals surface area contributed by atoms with Crippen molar-refractivity contribution >= 4 is 56.0 Å². The number of fused-ring (bicyclic) bond motifs is 2. The summed E-state index contributed by atoms with van der Waals surface area (Å²) < 4.78 is 40.5. The minimum Gasteiger partial charge on any atom is -0.364 e. The zero-order chi connectivity index (χ0) is 25.1. The highest BCUT2D eigenvalue weighted by molar-refractivity contribution is 7.19. The molecule has 3 aromatic heterocycles. The molecule has 184 valence electrons. The largest absolute Gasteiger partial charge is 0.364 e. The van der Waals surface area contributed by atoms with E-state index in [0.717, 1.165) is 15.2 Å². The summed E-state index contributed by atoms with van der Waals surface area (Å²) in [6.45, 7) is 2.13. The third-order valence-corrected chi connectivity index (χ3v) is 7.76. The minimum atomic E-state index is -3.16. The lowest BCUT2D eigenvalue weighted by molar-refractivity contribution is -0.00378. The Labute approximate surface area is 205 Å². The summed E-state index contributed by atoms with van der Waals surface area (Å²) in [5.41, 5.74) is 11.7. The summed E-state index contributed by atoms with van der Waals surface area (Å²) >= 11 is 8.10. The van der Waals surface area contributed by atoms with Crippen molar-refractivity contribution in [2.24, 2.45) is 11.5 Å². The number of aryl methyl sites for hydroxylation is 1. The van der Waals surface area contributed by atoms with Crippen molar-refractivity contribution in [3.63, 3.8) is 0 Å². The number of hydrogen-bond donors (Lipinski definition) is 3. The van der Waals surface area contributed by atoms with Crippen LogP contribution in [0.25, 0.3) is 32.5 Å². The topological polar surface area (TPSA) is 140 Å². The van der Waals surface area contributed by atoms with Crippen molar-refractivity contribution in [2.75, 3.05) is 18.0 Å². The number of nitrogens with one attached hydrogen (secondary N) is 1. The molecule has 1 fully saturated rings. The van der Waals surface area contributed by atoms with Crippen LogP contribution in [0.4, 0.5) is 19.1 Å². The van der Waals surface area contributed by atoms with Crippen molar-refractivity contribution in [3.8, 4) is 11.3 Å². The molecule has 5 rings (SSSR count). The van der Waals surface area contributed by atoms with E-state index < -0.39 is 24.0 Å². The number of nitrogens with zero attached hydrogens (tertiary/aromatic N) is 5. The highest BCUT2D eigenvalue weighted by Gasteiger charge is 2.44. The number of halogens is 4. The van der Waals surface area contributed by atoms with Gasteiger partial charge >= 0.3 is 0 Å². The number of nitrogens with two attached hydrogens (primary N) is 2. The first kappa shape index (κ1) is 23.7. The third-order valence-electron chi connectivity index (χ3n) is 6.25. The van der Waals surface area contributed by atoms with E-state index >= 15 is 0 Å². The molecule has 1 unspecified atom stereocenters. The molecule has 1 saturated heterocycles. The Morgan fingerprint density at radius 1 is 1.23 bits per heavy atom. The second-order valence-electron chi connectivity index (χ2n) is 8.50. The van der Waals surface area contributed by atoms with Crippen molar-refractivity contribution in [1.82, 2.24) is 25.1 Å². The SMILES string of the molecule is Cc1nc2ccc(-c3n[nH]c4nc(N5CCC(N)(C(F)C(F)F)CC5)nc(C(N)=O)c34)c(Cl)c2s1. The lowest BCUT2D eigenvalue weighted by atomic mass is 9.84. The number of aromatic amines is 1. The Bertz CT molecular complexity index is 1450. The van der Waals surface area contributed by atoms with Gasteiger partial charge in [0.25, 0.3) is 12.3 Å². The molecule has 9 nitrogen and oxygen atoms in total. The van der Waals surface area contributed by atoms with E-state index in [0.29, 0.717) is 21.7 Å². The molecule has 1 aliphatic rings.